The Balaban J connectivity index is 2.14. The van der Waals surface area contributed by atoms with Crippen LogP contribution in [0.4, 0.5) is 0 Å². The summed E-state index contributed by atoms with van der Waals surface area (Å²) in [5.74, 6) is 0.434. The average molecular weight is 261 g/mol. The molecular weight excluding hydrogens is 248 g/mol. The van der Waals surface area contributed by atoms with Crippen molar-refractivity contribution >= 4 is 19.7 Å². The lowest BCUT2D eigenvalue weighted by Crippen LogP contribution is -2.03. The molecule has 0 spiro atoms. The zero-order valence-electron chi connectivity index (χ0n) is 8.69. The second kappa shape index (κ2) is 4.26. The van der Waals surface area contributed by atoms with Gasteiger partial charge in [0.05, 0.1) is 5.75 Å². The van der Waals surface area contributed by atoms with Crippen LogP contribution in [0.15, 0.2) is 18.2 Å². The molecule has 1 aliphatic carbocycles. The number of hydrogen-bond donors (Lipinski definition) is 1. The first-order valence-electron chi connectivity index (χ1n) is 5.20. The van der Waals surface area contributed by atoms with Crippen molar-refractivity contribution in [1.29, 1.82) is 0 Å². The van der Waals surface area contributed by atoms with Crippen molar-refractivity contribution in [2.24, 2.45) is 0 Å². The van der Waals surface area contributed by atoms with Gasteiger partial charge >= 0.3 is 0 Å². The van der Waals surface area contributed by atoms with Crippen molar-refractivity contribution in [1.82, 2.24) is 0 Å². The predicted molar refractivity (Wildman–Crippen MR) is 63.4 cm³/mol. The van der Waals surface area contributed by atoms with Crippen molar-refractivity contribution in [3.05, 3.63) is 29.3 Å². The number of aromatic hydroxyl groups is 1. The highest BCUT2D eigenvalue weighted by Gasteiger charge is 2.24. The molecule has 0 saturated carbocycles. The van der Waals surface area contributed by atoms with Gasteiger partial charge in [-0.05, 0) is 48.4 Å². The summed E-state index contributed by atoms with van der Waals surface area (Å²) in [5.41, 5.74) is 2.27. The van der Waals surface area contributed by atoms with E-state index in [4.69, 9.17) is 10.7 Å². The van der Waals surface area contributed by atoms with Gasteiger partial charge in [0.2, 0.25) is 9.05 Å². The normalized spacial score (nSPS) is 19.7. The highest BCUT2D eigenvalue weighted by molar-refractivity contribution is 8.13. The molecular formula is C11H13ClO3S. The first-order valence-corrected chi connectivity index (χ1v) is 7.68. The molecule has 2 rings (SSSR count). The maximum absolute atomic E-state index is 10.9. The van der Waals surface area contributed by atoms with Crippen LogP contribution in [0.3, 0.4) is 0 Å². The van der Waals surface area contributed by atoms with E-state index in [1.165, 1.54) is 5.56 Å². The fourth-order valence-electron chi connectivity index (χ4n) is 2.26. The van der Waals surface area contributed by atoms with Gasteiger partial charge in [0.15, 0.2) is 0 Å². The zero-order valence-corrected chi connectivity index (χ0v) is 10.3. The Kier molecular flexibility index (Phi) is 3.13. The minimum atomic E-state index is -3.41. The van der Waals surface area contributed by atoms with Crippen molar-refractivity contribution in [3.63, 3.8) is 0 Å². The van der Waals surface area contributed by atoms with Gasteiger partial charge < -0.3 is 5.11 Å². The minimum absolute atomic E-state index is 0.00564. The van der Waals surface area contributed by atoms with Gasteiger partial charge in [-0.25, -0.2) is 8.42 Å². The lowest BCUT2D eigenvalue weighted by atomic mass is 9.99. The Morgan fingerprint density at radius 1 is 1.44 bits per heavy atom. The van der Waals surface area contributed by atoms with Crippen LogP contribution in [0.1, 0.15) is 29.9 Å². The third kappa shape index (κ3) is 2.68. The first kappa shape index (κ1) is 11.7. The molecule has 0 saturated heterocycles. The van der Waals surface area contributed by atoms with Crippen molar-refractivity contribution in [2.45, 2.75) is 25.2 Å². The third-order valence-corrected chi connectivity index (χ3v) is 4.23. The Morgan fingerprint density at radius 3 is 2.88 bits per heavy atom. The van der Waals surface area contributed by atoms with E-state index >= 15 is 0 Å². The lowest BCUT2D eigenvalue weighted by molar-refractivity contribution is 0.474. The van der Waals surface area contributed by atoms with Crippen LogP contribution >= 0.6 is 10.7 Å². The van der Waals surface area contributed by atoms with Crippen LogP contribution in [0.25, 0.3) is 0 Å². The van der Waals surface area contributed by atoms with Crippen molar-refractivity contribution in [3.8, 4) is 5.75 Å². The zero-order chi connectivity index (χ0) is 11.8. The summed E-state index contributed by atoms with van der Waals surface area (Å²) in [4.78, 5) is 0. The molecule has 0 aromatic heterocycles. The molecule has 88 valence electrons. The highest BCUT2D eigenvalue weighted by Crippen LogP contribution is 2.37. The number of phenols is 1. The smallest absolute Gasteiger partial charge is 0.232 e. The standard InChI is InChI=1S/C11H13ClO3S/c12-16(14,15)6-5-9-2-1-8-3-4-10(13)7-11(8)9/h3-4,7,9,13H,1-2,5-6H2. The first-order chi connectivity index (χ1) is 7.46. The van der Waals surface area contributed by atoms with E-state index in [1.807, 2.05) is 6.07 Å². The molecule has 16 heavy (non-hydrogen) atoms. The number of phenolic OH excluding ortho intramolecular Hbond substituents is 1. The fraction of sp³-hybridized carbons (Fsp3) is 0.455. The molecule has 1 aromatic carbocycles. The maximum Gasteiger partial charge on any atom is 0.232 e. The largest absolute Gasteiger partial charge is 0.508 e. The van der Waals surface area contributed by atoms with E-state index in [0.29, 0.717) is 6.42 Å². The van der Waals surface area contributed by atoms with Gasteiger partial charge in [-0.15, -0.1) is 0 Å². The van der Waals surface area contributed by atoms with Crippen LogP contribution in [0.5, 0.6) is 5.75 Å². The van der Waals surface area contributed by atoms with Crippen LogP contribution in [0.2, 0.25) is 0 Å². The molecule has 0 heterocycles. The Labute approximate surface area is 99.5 Å². The van der Waals surface area contributed by atoms with Crippen LogP contribution in [-0.2, 0) is 15.5 Å². The number of rotatable bonds is 3. The molecule has 1 aromatic rings. The van der Waals surface area contributed by atoms with E-state index in [0.717, 1.165) is 18.4 Å². The number of fused-ring (bicyclic) bond motifs is 1. The summed E-state index contributed by atoms with van der Waals surface area (Å²) < 4.78 is 21.8. The molecule has 3 nitrogen and oxygen atoms in total. The maximum atomic E-state index is 10.9. The summed E-state index contributed by atoms with van der Waals surface area (Å²) in [6.45, 7) is 0. The Bertz CT molecular complexity index is 496. The topological polar surface area (TPSA) is 54.4 Å². The van der Waals surface area contributed by atoms with E-state index < -0.39 is 9.05 Å². The highest BCUT2D eigenvalue weighted by atomic mass is 35.7. The summed E-state index contributed by atoms with van der Waals surface area (Å²) in [6, 6.07) is 5.30. The summed E-state index contributed by atoms with van der Waals surface area (Å²) >= 11 is 0. The lowest BCUT2D eigenvalue weighted by Gasteiger charge is -2.10. The second-order valence-corrected chi connectivity index (χ2v) is 7.05. The van der Waals surface area contributed by atoms with E-state index in [2.05, 4.69) is 0 Å². The van der Waals surface area contributed by atoms with E-state index in [-0.39, 0.29) is 17.4 Å². The molecule has 0 bridgehead atoms. The number of benzene rings is 1. The van der Waals surface area contributed by atoms with E-state index in [1.54, 1.807) is 12.1 Å². The van der Waals surface area contributed by atoms with Crippen LogP contribution in [-0.4, -0.2) is 19.3 Å². The Hall–Kier alpha value is -0.740. The Morgan fingerprint density at radius 2 is 2.19 bits per heavy atom. The summed E-state index contributed by atoms with van der Waals surface area (Å²) in [6.07, 6.45) is 2.41. The summed E-state index contributed by atoms with van der Waals surface area (Å²) in [5, 5.41) is 9.40. The van der Waals surface area contributed by atoms with Crippen LogP contribution in [0, 0.1) is 0 Å². The van der Waals surface area contributed by atoms with Gasteiger partial charge in [0.25, 0.3) is 0 Å². The van der Waals surface area contributed by atoms with E-state index in [9.17, 15) is 13.5 Å². The van der Waals surface area contributed by atoms with Gasteiger partial charge in [-0.1, -0.05) is 6.07 Å². The van der Waals surface area contributed by atoms with Crippen molar-refractivity contribution in [2.75, 3.05) is 5.75 Å². The third-order valence-electron chi connectivity index (χ3n) is 3.04. The van der Waals surface area contributed by atoms with Gasteiger partial charge in [-0.3, -0.25) is 0 Å². The molecule has 0 fully saturated rings. The average Bonchev–Trinajstić information content (AvgIpc) is 2.56. The predicted octanol–water partition coefficient (Wildman–Crippen LogP) is 2.38. The monoisotopic (exact) mass is 260 g/mol. The van der Waals surface area contributed by atoms with Gasteiger partial charge in [0.1, 0.15) is 5.75 Å². The SMILES string of the molecule is O=S(=O)(Cl)CCC1CCc2ccc(O)cc21. The fourth-order valence-corrected chi connectivity index (χ4v) is 3.09. The number of aryl methyl sites for hydroxylation is 1. The number of hydrogen-bond acceptors (Lipinski definition) is 3. The van der Waals surface area contributed by atoms with Crippen molar-refractivity contribution < 1.29 is 13.5 Å². The second-order valence-electron chi connectivity index (χ2n) is 4.15. The molecule has 1 unspecified atom stereocenters. The van der Waals surface area contributed by atoms with Crippen LogP contribution < -0.4 is 0 Å². The quantitative estimate of drug-likeness (QED) is 0.849. The molecule has 1 aliphatic rings. The number of halogens is 1. The molecule has 5 heteroatoms. The molecule has 0 amide bonds. The molecule has 0 radical (unpaired) electrons. The van der Waals surface area contributed by atoms with Gasteiger partial charge in [0, 0.05) is 10.7 Å². The molecule has 1 atom stereocenters. The molecule has 1 N–H and O–H groups in total. The minimum Gasteiger partial charge on any atom is -0.508 e. The van der Waals surface area contributed by atoms with Gasteiger partial charge in [-0.2, -0.15) is 0 Å². The molecule has 0 aliphatic heterocycles. The summed E-state index contributed by atoms with van der Waals surface area (Å²) in [7, 11) is 1.78.